The topological polar surface area (TPSA) is 69.0 Å². The molecule has 1 heterocycles. The van der Waals surface area contributed by atoms with Gasteiger partial charge >= 0.3 is 0 Å². The summed E-state index contributed by atoms with van der Waals surface area (Å²) in [5.74, 6) is 1.04. The molecule has 0 radical (unpaired) electrons. The molecule has 0 bridgehead atoms. The molecule has 1 unspecified atom stereocenters. The summed E-state index contributed by atoms with van der Waals surface area (Å²) in [7, 11) is 1.81. The maximum Gasteiger partial charge on any atom is 0.234 e. The Labute approximate surface area is 187 Å². The van der Waals surface area contributed by atoms with Gasteiger partial charge in [0, 0.05) is 7.05 Å². The van der Waals surface area contributed by atoms with Crippen LogP contribution < -0.4 is 10.1 Å². The molecular weight excluding hydrogens is 455 g/mol. The van der Waals surface area contributed by atoms with Gasteiger partial charge in [-0.15, -0.1) is 10.2 Å². The van der Waals surface area contributed by atoms with E-state index in [1.165, 1.54) is 11.8 Å². The number of thioether (sulfide) groups is 1. The molecule has 152 valence electrons. The second-order valence-electron chi connectivity index (χ2n) is 6.02. The number of rotatable bonds is 7. The van der Waals surface area contributed by atoms with E-state index in [0.29, 0.717) is 37.5 Å². The van der Waals surface area contributed by atoms with E-state index >= 15 is 0 Å². The van der Waals surface area contributed by atoms with Crippen LogP contribution in [-0.2, 0) is 11.8 Å². The third kappa shape index (κ3) is 5.36. The first-order chi connectivity index (χ1) is 13.9. The second kappa shape index (κ2) is 9.71. The quantitative estimate of drug-likeness (QED) is 0.451. The molecule has 1 N–H and O–H groups in total. The summed E-state index contributed by atoms with van der Waals surface area (Å²) in [6, 6.07) is 12.2. The van der Waals surface area contributed by atoms with Gasteiger partial charge in [-0.25, -0.2) is 0 Å². The van der Waals surface area contributed by atoms with Gasteiger partial charge in [0.25, 0.3) is 0 Å². The molecule has 0 saturated heterocycles. The molecule has 29 heavy (non-hydrogen) atoms. The number of halogens is 3. The summed E-state index contributed by atoms with van der Waals surface area (Å²) in [5, 5.41) is 12.9. The maximum absolute atomic E-state index is 12.3. The first-order valence-electron chi connectivity index (χ1n) is 8.54. The van der Waals surface area contributed by atoms with Gasteiger partial charge in [-0.3, -0.25) is 4.79 Å². The molecule has 10 heteroatoms. The molecule has 6 nitrogen and oxygen atoms in total. The van der Waals surface area contributed by atoms with Crippen molar-refractivity contribution in [3.63, 3.8) is 0 Å². The van der Waals surface area contributed by atoms with Crippen LogP contribution in [0.15, 0.2) is 47.6 Å². The number of carbonyl (C=O) groups excluding carboxylic acids is 1. The minimum atomic E-state index is -0.377. The van der Waals surface area contributed by atoms with E-state index in [-0.39, 0.29) is 17.8 Å². The van der Waals surface area contributed by atoms with Gasteiger partial charge in [-0.05, 0) is 31.2 Å². The normalized spacial score (nSPS) is 11.9. The minimum Gasteiger partial charge on any atom is -0.481 e. The Morgan fingerprint density at radius 3 is 2.45 bits per heavy atom. The van der Waals surface area contributed by atoms with Crippen molar-refractivity contribution in [3.8, 4) is 5.75 Å². The van der Waals surface area contributed by atoms with Crippen LogP contribution in [-0.4, -0.2) is 26.4 Å². The Morgan fingerprint density at radius 1 is 1.10 bits per heavy atom. The zero-order valence-electron chi connectivity index (χ0n) is 15.5. The van der Waals surface area contributed by atoms with E-state index in [1.807, 2.05) is 26.1 Å². The van der Waals surface area contributed by atoms with Crippen molar-refractivity contribution in [1.29, 1.82) is 0 Å². The predicted molar refractivity (Wildman–Crippen MR) is 117 cm³/mol. The highest BCUT2D eigenvalue weighted by Gasteiger charge is 2.19. The number of para-hydroxylation sites is 2. The van der Waals surface area contributed by atoms with Gasteiger partial charge < -0.3 is 14.6 Å². The molecule has 0 aliphatic heterocycles. The van der Waals surface area contributed by atoms with E-state index < -0.39 is 0 Å². The Morgan fingerprint density at radius 2 is 1.76 bits per heavy atom. The lowest BCUT2D eigenvalue weighted by molar-refractivity contribution is -0.113. The maximum atomic E-state index is 12.3. The number of ether oxygens (including phenoxy) is 1. The van der Waals surface area contributed by atoms with Crippen LogP contribution in [0.4, 0.5) is 5.69 Å². The van der Waals surface area contributed by atoms with E-state index in [4.69, 9.17) is 39.5 Å². The van der Waals surface area contributed by atoms with Crippen LogP contribution in [0.25, 0.3) is 0 Å². The Hall–Kier alpha value is -1.93. The number of hydrogen-bond acceptors (Lipinski definition) is 5. The molecule has 0 fully saturated rings. The van der Waals surface area contributed by atoms with E-state index in [1.54, 1.807) is 34.9 Å². The SMILES string of the molecule is CC(Oc1ccccc1Cl)c1nnc(SCC(=O)Nc2c(Cl)cccc2Cl)n1C. The summed E-state index contributed by atoms with van der Waals surface area (Å²) >= 11 is 19.5. The number of anilines is 1. The number of hydrogen-bond donors (Lipinski definition) is 1. The molecule has 0 aliphatic carbocycles. The average Bonchev–Trinajstić information content (AvgIpc) is 3.05. The highest BCUT2D eigenvalue weighted by Crippen LogP contribution is 2.31. The lowest BCUT2D eigenvalue weighted by atomic mass is 10.3. The van der Waals surface area contributed by atoms with Crippen LogP contribution in [0.1, 0.15) is 18.9 Å². The van der Waals surface area contributed by atoms with Crippen LogP contribution in [0.2, 0.25) is 15.1 Å². The van der Waals surface area contributed by atoms with Gasteiger partial charge in [0.05, 0.1) is 26.5 Å². The zero-order valence-corrected chi connectivity index (χ0v) is 18.6. The van der Waals surface area contributed by atoms with Crippen molar-refractivity contribution in [3.05, 3.63) is 63.4 Å². The van der Waals surface area contributed by atoms with Gasteiger partial charge in [-0.1, -0.05) is 64.8 Å². The first kappa shape index (κ1) is 21.8. The number of nitrogens with one attached hydrogen (secondary N) is 1. The summed E-state index contributed by atoms with van der Waals surface area (Å²) in [6.07, 6.45) is -0.377. The second-order valence-corrected chi connectivity index (χ2v) is 8.19. The zero-order chi connectivity index (χ0) is 21.0. The van der Waals surface area contributed by atoms with E-state index in [2.05, 4.69) is 15.5 Å². The summed E-state index contributed by atoms with van der Waals surface area (Å²) in [4.78, 5) is 12.3. The third-order valence-electron chi connectivity index (χ3n) is 3.93. The largest absolute Gasteiger partial charge is 0.481 e. The highest BCUT2D eigenvalue weighted by molar-refractivity contribution is 7.99. The molecule has 1 atom stereocenters. The van der Waals surface area contributed by atoms with Crippen molar-refractivity contribution < 1.29 is 9.53 Å². The fourth-order valence-electron chi connectivity index (χ4n) is 2.51. The Bertz CT molecular complexity index is 1010. The lowest BCUT2D eigenvalue weighted by Crippen LogP contribution is -2.15. The average molecular weight is 472 g/mol. The van der Waals surface area contributed by atoms with Crippen LogP contribution >= 0.6 is 46.6 Å². The fourth-order valence-corrected chi connectivity index (χ4v) is 3.90. The van der Waals surface area contributed by atoms with Crippen molar-refractivity contribution in [2.45, 2.75) is 18.2 Å². The molecule has 0 saturated carbocycles. The Kier molecular flexibility index (Phi) is 7.29. The molecule has 1 aromatic heterocycles. The summed E-state index contributed by atoms with van der Waals surface area (Å²) in [5.41, 5.74) is 0.391. The number of aromatic nitrogens is 3. The van der Waals surface area contributed by atoms with Crippen LogP contribution in [0.3, 0.4) is 0 Å². The summed E-state index contributed by atoms with van der Waals surface area (Å²) < 4.78 is 7.66. The third-order valence-corrected chi connectivity index (χ3v) is 5.89. The van der Waals surface area contributed by atoms with Crippen molar-refractivity contribution in [1.82, 2.24) is 14.8 Å². The molecule has 3 aromatic rings. The number of carbonyl (C=O) groups is 1. The molecular formula is C19H17Cl3N4O2S. The monoisotopic (exact) mass is 470 g/mol. The predicted octanol–water partition coefficient (Wildman–Crippen LogP) is 5.65. The van der Waals surface area contributed by atoms with E-state index in [9.17, 15) is 4.79 Å². The van der Waals surface area contributed by atoms with E-state index in [0.717, 1.165) is 0 Å². The van der Waals surface area contributed by atoms with Crippen molar-refractivity contribution in [2.75, 3.05) is 11.1 Å². The smallest absolute Gasteiger partial charge is 0.234 e. The summed E-state index contributed by atoms with van der Waals surface area (Å²) in [6.45, 7) is 1.86. The van der Waals surface area contributed by atoms with Gasteiger partial charge in [0.2, 0.25) is 5.91 Å². The molecule has 0 spiro atoms. The van der Waals surface area contributed by atoms with Crippen LogP contribution in [0, 0.1) is 0 Å². The molecule has 3 rings (SSSR count). The lowest BCUT2D eigenvalue weighted by Gasteiger charge is -2.15. The molecule has 2 aromatic carbocycles. The molecule has 0 aliphatic rings. The standard InChI is InChI=1S/C19H17Cl3N4O2S/c1-11(28-15-9-4-3-6-12(15)20)18-24-25-19(26(18)2)29-10-16(27)23-17-13(21)7-5-8-14(17)22/h3-9,11H,10H2,1-2H3,(H,23,27). The highest BCUT2D eigenvalue weighted by atomic mass is 35.5. The minimum absolute atomic E-state index is 0.118. The first-order valence-corrected chi connectivity index (χ1v) is 10.7. The van der Waals surface area contributed by atoms with Gasteiger partial charge in [0.15, 0.2) is 17.1 Å². The van der Waals surface area contributed by atoms with Gasteiger partial charge in [0.1, 0.15) is 5.75 Å². The number of nitrogens with zero attached hydrogens (tertiary/aromatic N) is 3. The Balaban J connectivity index is 1.62. The molecule has 1 amide bonds. The van der Waals surface area contributed by atoms with Gasteiger partial charge in [-0.2, -0.15) is 0 Å². The van der Waals surface area contributed by atoms with Crippen molar-refractivity contribution in [2.24, 2.45) is 7.05 Å². The number of benzene rings is 2. The number of amides is 1. The van der Waals surface area contributed by atoms with Crippen LogP contribution in [0.5, 0.6) is 5.75 Å². The van der Waals surface area contributed by atoms with Crippen molar-refractivity contribution >= 4 is 58.2 Å². The fraction of sp³-hybridized carbons (Fsp3) is 0.211.